The van der Waals surface area contributed by atoms with Crippen LogP contribution < -0.4 is 5.32 Å². The maximum atomic E-state index is 13.5. The second kappa shape index (κ2) is 62.7. The Labute approximate surface area is 619 Å². The van der Waals surface area contributed by atoms with Crippen LogP contribution in [0.15, 0.2) is 146 Å². The maximum absolute atomic E-state index is 13.5. The fourth-order valence-electron chi connectivity index (χ4n) is 12.3. The van der Waals surface area contributed by atoms with E-state index in [1.165, 1.54) is 83.5 Å². The molecular formula is C84H139NO18. The first kappa shape index (κ1) is 92.9. The molecule has 0 aromatic rings. The highest BCUT2D eigenvalue weighted by Gasteiger charge is 2.53. The average Bonchev–Trinajstić information content (AvgIpc) is 0.781. The van der Waals surface area contributed by atoms with Crippen LogP contribution in [0.4, 0.5) is 0 Å². The second-order valence-corrected chi connectivity index (χ2v) is 27.4. The van der Waals surface area contributed by atoms with E-state index < -0.39 is 124 Å². The Kier molecular flexibility index (Phi) is 56.5. The molecule has 3 aliphatic heterocycles. The van der Waals surface area contributed by atoms with Gasteiger partial charge in [0, 0.05) is 6.42 Å². The third-order valence-electron chi connectivity index (χ3n) is 18.6. The molecule has 3 rings (SSSR count). The number of aliphatic hydroxyl groups excluding tert-OH is 11. The number of rotatable bonds is 60. The molecule has 0 spiro atoms. The molecule has 0 aliphatic carbocycles. The van der Waals surface area contributed by atoms with Gasteiger partial charge in [-0.3, -0.25) is 4.79 Å². The third kappa shape index (κ3) is 42.7. The minimum atomic E-state index is -1.99. The molecule has 3 heterocycles. The molecule has 19 heteroatoms. The van der Waals surface area contributed by atoms with Crippen LogP contribution in [-0.4, -0.2) is 193 Å². The van der Waals surface area contributed by atoms with Gasteiger partial charge in [0.15, 0.2) is 18.9 Å². The number of unbranched alkanes of at least 4 members (excludes halogenated alkanes) is 22. The molecule has 17 atom stereocenters. The predicted octanol–water partition coefficient (Wildman–Crippen LogP) is 13.1. The van der Waals surface area contributed by atoms with Crippen molar-refractivity contribution < 1.29 is 89.4 Å². The molecule has 12 N–H and O–H groups in total. The third-order valence-corrected chi connectivity index (χ3v) is 18.6. The summed E-state index contributed by atoms with van der Waals surface area (Å²) in [6.07, 6.45) is 64.0. The van der Waals surface area contributed by atoms with E-state index in [2.05, 4.69) is 153 Å². The first-order chi connectivity index (χ1) is 50.3. The van der Waals surface area contributed by atoms with Crippen LogP contribution in [0.5, 0.6) is 0 Å². The second-order valence-electron chi connectivity index (χ2n) is 27.4. The number of aliphatic hydroxyl groups is 11. The lowest BCUT2D eigenvalue weighted by Crippen LogP contribution is -2.66. The number of carbonyl (C=O) groups excluding carboxylic acids is 1. The van der Waals surface area contributed by atoms with E-state index in [4.69, 9.17) is 28.4 Å². The fraction of sp³-hybridized carbons (Fsp3) is 0.702. The summed E-state index contributed by atoms with van der Waals surface area (Å²) in [4.78, 5) is 13.5. The summed E-state index contributed by atoms with van der Waals surface area (Å²) in [5.41, 5.74) is 0. The Morgan fingerprint density at radius 2 is 0.680 bits per heavy atom. The smallest absolute Gasteiger partial charge is 0.220 e. The summed E-state index contributed by atoms with van der Waals surface area (Å²) in [5, 5.41) is 121. The summed E-state index contributed by atoms with van der Waals surface area (Å²) < 4.78 is 34.4. The number of allylic oxidation sites excluding steroid dienone is 23. The van der Waals surface area contributed by atoms with E-state index in [1.54, 1.807) is 6.08 Å². The Morgan fingerprint density at radius 3 is 1.09 bits per heavy atom. The minimum Gasteiger partial charge on any atom is -0.394 e. The molecule has 3 saturated heterocycles. The van der Waals surface area contributed by atoms with E-state index in [1.807, 2.05) is 6.08 Å². The van der Waals surface area contributed by atoms with Crippen LogP contribution in [0.25, 0.3) is 0 Å². The number of ether oxygens (including phenoxy) is 6. The average molecular weight is 1450 g/mol. The predicted molar refractivity (Wildman–Crippen MR) is 410 cm³/mol. The molecular weight excluding hydrogens is 1310 g/mol. The molecule has 0 radical (unpaired) electrons. The van der Waals surface area contributed by atoms with Gasteiger partial charge in [-0.05, 0) is 109 Å². The highest BCUT2D eigenvalue weighted by molar-refractivity contribution is 5.76. The van der Waals surface area contributed by atoms with Gasteiger partial charge in [-0.15, -0.1) is 0 Å². The van der Waals surface area contributed by atoms with Crippen molar-refractivity contribution in [3.63, 3.8) is 0 Å². The number of amides is 1. The Morgan fingerprint density at radius 1 is 0.359 bits per heavy atom. The zero-order valence-electron chi connectivity index (χ0n) is 62.7. The lowest BCUT2D eigenvalue weighted by atomic mass is 9.96. The van der Waals surface area contributed by atoms with Crippen molar-refractivity contribution in [2.75, 3.05) is 26.4 Å². The molecule has 0 saturated carbocycles. The van der Waals surface area contributed by atoms with Crippen LogP contribution in [0.3, 0.4) is 0 Å². The van der Waals surface area contributed by atoms with Crippen molar-refractivity contribution in [1.29, 1.82) is 0 Å². The van der Waals surface area contributed by atoms with Crippen LogP contribution >= 0.6 is 0 Å². The first-order valence-corrected chi connectivity index (χ1v) is 39.6. The van der Waals surface area contributed by atoms with E-state index in [9.17, 15) is 61.0 Å². The van der Waals surface area contributed by atoms with Gasteiger partial charge in [-0.25, -0.2) is 0 Å². The van der Waals surface area contributed by atoms with E-state index in [0.29, 0.717) is 12.8 Å². The van der Waals surface area contributed by atoms with Crippen LogP contribution in [0.1, 0.15) is 245 Å². The number of hydrogen-bond donors (Lipinski definition) is 12. The van der Waals surface area contributed by atoms with Crippen LogP contribution in [0, 0.1) is 0 Å². The number of nitrogens with one attached hydrogen (secondary N) is 1. The standard InChI is InChI=1S/C84H139NO18/c1-3-5-7-9-11-13-15-17-19-21-23-24-25-26-27-28-29-30-31-32-33-34-35-36-37-38-39-40-41-42-44-46-48-50-52-54-56-58-60-62-72(90)85-67(68(89)61-59-57-55-53-51-49-47-45-43-22-20-18-16-14-12-10-8-6-4-2)66-98-82-78(96)75(93)80(70(64-87)100-82)103-84-79(97)76(94)81(71(65-88)101-84)102-83-77(95)74(92)73(91)69(63-86)99-83/h5,7,11,13,17,19,23-24,26-27,29-30,32-33,35-36,38-39,41-42,51,53,59,61,67-71,73-84,86-89,91-97H,3-4,6,8-10,12,14-16,18,20-22,25,28,31,34,37,40,43-50,52,54-58,60,62-66H2,1-2H3,(H,85,90)/b7-5-,13-11-,19-17-,24-23-,27-26-,30-29-,33-32-,36-35-,39-38-,42-41-,53-51+,61-59+. The lowest BCUT2D eigenvalue weighted by molar-refractivity contribution is -0.379. The van der Waals surface area contributed by atoms with E-state index in [0.717, 1.165) is 128 Å². The van der Waals surface area contributed by atoms with Crippen molar-refractivity contribution in [2.45, 2.75) is 349 Å². The van der Waals surface area contributed by atoms with Gasteiger partial charge in [-0.1, -0.05) is 275 Å². The molecule has 1 amide bonds. The van der Waals surface area contributed by atoms with Crippen LogP contribution in [0.2, 0.25) is 0 Å². The summed E-state index contributed by atoms with van der Waals surface area (Å²) in [6.45, 7) is 1.59. The fourth-order valence-corrected chi connectivity index (χ4v) is 12.3. The largest absolute Gasteiger partial charge is 0.394 e. The van der Waals surface area contributed by atoms with Crippen molar-refractivity contribution in [2.24, 2.45) is 0 Å². The van der Waals surface area contributed by atoms with Crippen molar-refractivity contribution >= 4 is 5.91 Å². The van der Waals surface area contributed by atoms with Crippen molar-refractivity contribution in [1.82, 2.24) is 5.32 Å². The van der Waals surface area contributed by atoms with Crippen LogP contribution in [-0.2, 0) is 33.2 Å². The molecule has 0 bridgehead atoms. The van der Waals surface area contributed by atoms with Gasteiger partial charge in [0.1, 0.15) is 73.2 Å². The normalized spacial score (nSPS) is 26.9. The molecule has 0 aromatic carbocycles. The molecule has 17 unspecified atom stereocenters. The Bertz CT molecular complexity index is 2430. The van der Waals surface area contributed by atoms with Gasteiger partial charge in [0.2, 0.25) is 5.91 Å². The molecule has 3 fully saturated rings. The van der Waals surface area contributed by atoms with Gasteiger partial charge < -0.3 is 89.9 Å². The van der Waals surface area contributed by atoms with Gasteiger partial charge in [0.25, 0.3) is 0 Å². The van der Waals surface area contributed by atoms with Gasteiger partial charge in [-0.2, -0.15) is 0 Å². The van der Waals surface area contributed by atoms with Gasteiger partial charge >= 0.3 is 0 Å². The summed E-state index contributed by atoms with van der Waals surface area (Å²) >= 11 is 0. The topological polar surface area (TPSA) is 307 Å². The molecule has 0 aromatic heterocycles. The van der Waals surface area contributed by atoms with E-state index >= 15 is 0 Å². The summed E-state index contributed by atoms with van der Waals surface area (Å²) in [6, 6.07) is -1.01. The van der Waals surface area contributed by atoms with E-state index in [-0.39, 0.29) is 18.9 Å². The number of hydrogen-bond acceptors (Lipinski definition) is 18. The maximum Gasteiger partial charge on any atom is 0.220 e. The Balaban J connectivity index is 1.37. The highest BCUT2D eigenvalue weighted by Crippen LogP contribution is 2.33. The van der Waals surface area contributed by atoms with Crippen molar-refractivity contribution in [3.05, 3.63) is 146 Å². The zero-order chi connectivity index (χ0) is 74.6. The van der Waals surface area contributed by atoms with Gasteiger partial charge in [0.05, 0.1) is 38.6 Å². The zero-order valence-corrected chi connectivity index (χ0v) is 62.7. The molecule has 588 valence electrons. The summed E-state index contributed by atoms with van der Waals surface area (Å²) in [7, 11) is 0. The lowest BCUT2D eigenvalue weighted by Gasteiger charge is -2.48. The monoisotopic (exact) mass is 1450 g/mol. The quantitative estimate of drug-likeness (QED) is 0.0199. The minimum absolute atomic E-state index is 0.216. The first-order valence-electron chi connectivity index (χ1n) is 39.6. The van der Waals surface area contributed by atoms with Crippen molar-refractivity contribution in [3.8, 4) is 0 Å². The highest BCUT2D eigenvalue weighted by atomic mass is 16.8. The number of carbonyl (C=O) groups is 1. The molecule has 103 heavy (non-hydrogen) atoms. The Hall–Kier alpha value is -4.33. The molecule has 3 aliphatic rings. The molecule has 19 nitrogen and oxygen atoms in total. The summed E-state index contributed by atoms with van der Waals surface area (Å²) in [5.74, 6) is -0.299. The SMILES string of the molecule is CC/C=C\C/C=C\C/C=C\C/C=C\C/C=C\C/C=C\C/C=C\C/C=C\C/C=C\C/C=C\CCCCCCCCCCC(=O)NC(COC1OC(CO)C(OC2OC(CO)C(OC3OC(CO)C(O)C(O)C3O)C(O)C2O)C(O)C1O)C(O)/C=C/CC/C=C/CCCCCCCCCCCCCCC.